The number of aromatic nitrogens is 2. The Bertz CT molecular complexity index is 1380. The van der Waals surface area contributed by atoms with Crippen molar-refractivity contribution in [3.05, 3.63) is 60.1 Å². The van der Waals surface area contributed by atoms with Crippen molar-refractivity contribution in [1.29, 1.82) is 0 Å². The molecule has 188 valence electrons. The van der Waals surface area contributed by atoms with Gasteiger partial charge in [-0.3, -0.25) is 14.5 Å². The van der Waals surface area contributed by atoms with Gasteiger partial charge in [0.15, 0.2) is 17.5 Å². The molecule has 0 aliphatic carbocycles. The van der Waals surface area contributed by atoms with Crippen molar-refractivity contribution in [1.82, 2.24) is 9.78 Å². The molecule has 2 aromatic carbocycles. The molecule has 1 atom stereocenters. The number of nitrogens with one attached hydrogen (secondary N) is 1. The molecule has 1 saturated heterocycles. The zero-order valence-corrected chi connectivity index (χ0v) is 19.9. The minimum absolute atomic E-state index is 0.0522. The van der Waals surface area contributed by atoms with Gasteiger partial charge in [-0.2, -0.15) is 10.2 Å². The summed E-state index contributed by atoms with van der Waals surface area (Å²) in [6, 6.07) is 4.63. The number of hydrogen-bond acceptors (Lipinski definition) is 6. The quantitative estimate of drug-likeness (QED) is 0.557. The molecule has 0 bridgehead atoms. The lowest BCUT2D eigenvalue weighted by atomic mass is 10.1. The van der Waals surface area contributed by atoms with E-state index in [1.165, 1.54) is 18.2 Å². The highest BCUT2D eigenvalue weighted by atomic mass is 19.1. The van der Waals surface area contributed by atoms with E-state index in [4.69, 9.17) is 5.73 Å². The van der Waals surface area contributed by atoms with Crippen molar-refractivity contribution in [2.24, 2.45) is 10.8 Å². The summed E-state index contributed by atoms with van der Waals surface area (Å²) < 4.78 is 45.5. The Labute approximate surface area is 205 Å². The van der Waals surface area contributed by atoms with Gasteiger partial charge in [-0.05, 0) is 38.5 Å². The highest BCUT2D eigenvalue weighted by Gasteiger charge is 2.28. The van der Waals surface area contributed by atoms with Crippen molar-refractivity contribution in [3.63, 3.8) is 0 Å². The molecular formula is C25H26F3N7O. The fraction of sp³-hybridized carbons (Fsp3) is 0.320. The van der Waals surface area contributed by atoms with Gasteiger partial charge in [0.05, 0.1) is 24.1 Å². The molecule has 5 rings (SSSR count). The number of anilines is 3. The summed E-state index contributed by atoms with van der Waals surface area (Å²) in [5.41, 5.74) is 6.91. The molecule has 1 fully saturated rings. The van der Waals surface area contributed by atoms with Gasteiger partial charge < -0.3 is 16.0 Å². The predicted octanol–water partition coefficient (Wildman–Crippen LogP) is 3.94. The molecule has 0 saturated carbocycles. The fourth-order valence-corrected chi connectivity index (χ4v) is 4.65. The SMILES string of the molecule is CC(C)n1ncc2c(N3CC[C@@H](N)C3)c(NC(=O)C3=NN(c4c(F)cccc4F)CC=C3)cc(F)c21. The van der Waals surface area contributed by atoms with E-state index >= 15 is 4.39 Å². The molecule has 2 aliphatic heterocycles. The minimum Gasteiger partial charge on any atom is -0.368 e. The highest BCUT2D eigenvalue weighted by Crippen LogP contribution is 2.39. The topological polar surface area (TPSA) is 91.8 Å². The lowest BCUT2D eigenvalue weighted by Crippen LogP contribution is -2.31. The number of carbonyl (C=O) groups excluding carboxylic acids is 1. The maximum Gasteiger partial charge on any atom is 0.276 e. The van der Waals surface area contributed by atoms with Crippen LogP contribution in [0.25, 0.3) is 10.9 Å². The minimum atomic E-state index is -0.795. The predicted molar refractivity (Wildman–Crippen MR) is 134 cm³/mol. The molecular weight excluding hydrogens is 471 g/mol. The van der Waals surface area contributed by atoms with Crippen LogP contribution in [-0.4, -0.2) is 47.1 Å². The smallest absolute Gasteiger partial charge is 0.276 e. The molecule has 8 nitrogen and oxygen atoms in total. The van der Waals surface area contributed by atoms with Gasteiger partial charge in [0.1, 0.15) is 16.9 Å². The number of nitrogens with two attached hydrogens (primary N) is 1. The summed E-state index contributed by atoms with van der Waals surface area (Å²) in [5.74, 6) is -2.77. The third-order valence-corrected chi connectivity index (χ3v) is 6.29. The molecule has 2 aliphatic rings. The lowest BCUT2D eigenvalue weighted by Gasteiger charge is -2.25. The zero-order valence-electron chi connectivity index (χ0n) is 19.9. The first-order chi connectivity index (χ1) is 17.2. The molecule has 11 heteroatoms. The van der Waals surface area contributed by atoms with Gasteiger partial charge in [0, 0.05) is 36.6 Å². The zero-order chi connectivity index (χ0) is 25.6. The normalized spacial score (nSPS) is 17.9. The van der Waals surface area contributed by atoms with E-state index in [1.54, 1.807) is 17.0 Å². The Hall–Kier alpha value is -3.86. The van der Waals surface area contributed by atoms with Crippen LogP contribution in [0.2, 0.25) is 0 Å². The Morgan fingerprint density at radius 1 is 1.17 bits per heavy atom. The number of nitrogens with zero attached hydrogens (tertiary/aromatic N) is 5. The summed E-state index contributed by atoms with van der Waals surface area (Å²) in [6.45, 7) is 5.08. The summed E-state index contributed by atoms with van der Waals surface area (Å²) in [6.07, 6.45) is 5.38. The standard InChI is InChI=1S/C25H26F3N7O/c1-14(2)35-22-16(12-30-35)23(33-10-8-15(29)13-33)21(11-19(22)28)31-25(36)20-7-4-9-34(32-20)24-17(26)5-3-6-18(24)27/h3-7,11-12,14-15H,8-10,13,29H2,1-2H3,(H,31,36)/t15-/m1/s1. The van der Waals surface area contributed by atoms with Gasteiger partial charge in [-0.25, -0.2) is 13.2 Å². The van der Waals surface area contributed by atoms with Crippen LogP contribution in [0.4, 0.5) is 30.2 Å². The molecule has 3 N–H and O–H groups in total. The number of amides is 1. The monoisotopic (exact) mass is 497 g/mol. The van der Waals surface area contributed by atoms with E-state index in [9.17, 15) is 13.6 Å². The summed E-state index contributed by atoms with van der Waals surface area (Å²) in [7, 11) is 0. The van der Waals surface area contributed by atoms with Gasteiger partial charge in [0.2, 0.25) is 0 Å². The first-order valence-electron chi connectivity index (χ1n) is 11.7. The van der Waals surface area contributed by atoms with E-state index in [2.05, 4.69) is 15.5 Å². The fourth-order valence-electron chi connectivity index (χ4n) is 4.65. The second kappa shape index (κ2) is 9.30. The van der Waals surface area contributed by atoms with Crippen molar-refractivity contribution in [2.75, 3.05) is 34.9 Å². The van der Waals surface area contributed by atoms with Gasteiger partial charge in [0.25, 0.3) is 5.91 Å². The third-order valence-electron chi connectivity index (χ3n) is 6.29. The van der Waals surface area contributed by atoms with Crippen LogP contribution in [-0.2, 0) is 4.79 Å². The van der Waals surface area contributed by atoms with Crippen LogP contribution in [0.3, 0.4) is 0 Å². The summed E-state index contributed by atoms with van der Waals surface area (Å²) in [4.78, 5) is 15.2. The van der Waals surface area contributed by atoms with Crippen molar-refractivity contribution >= 4 is 39.6 Å². The van der Waals surface area contributed by atoms with Crippen LogP contribution in [0.5, 0.6) is 0 Å². The number of hydrogen-bond donors (Lipinski definition) is 2. The van der Waals surface area contributed by atoms with Crippen molar-refractivity contribution in [3.8, 4) is 0 Å². The molecule has 36 heavy (non-hydrogen) atoms. The van der Waals surface area contributed by atoms with Crippen molar-refractivity contribution < 1.29 is 18.0 Å². The van der Waals surface area contributed by atoms with Crippen LogP contribution < -0.4 is 21.0 Å². The third kappa shape index (κ3) is 4.19. The van der Waals surface area contributed by atoms with Crippen LogP contribution >= 0.6 is 0 Å². The summed E-state index contributed by atoms with van der Waals surface area (Å²) >= 11 is 0. The van der Waals surface area contributed by atoms with Gasteiger partial charge >= 0.3 is 0 Å². The van der Waals surface area contributed by atoms with E-state index in [0.717, 1.165) is 23.6 Å². The van der Waals surface area contributed by atoms with E-state index in [1.807, 2.05) is 18.7 Å². The molecule has 0 spiro atoms. The number of benzene rings is 2. The van der Waals surface area contributed by atoms with E-state index in [0.29, 0.717) is 29.7 Å². The second-order valence-electron chi connectivity index (χ2n) is 9.19. The Morgan fingerprint density at radius 2 is 1.92 bits per heavy atom. The van der Waals surface area contributed by atoms with E-state index < -0.39 is 23.4 Å². The van der Waals surface area contributed by atoms with Crippen molar-refractivity contribution in [2.45, 2.75) is 32.4 Å². The number of rotatable bonds is 5. The first kappa shape index (κ1) is 23.9. The molecule has 3 heterocycles. The largest absolute Gasteiger partial charge is 0.368 e. The molecule has 0 radical (unpaired) electrons. The maximum absolute atomic E-state index is 15.3. The van der Waals surface area contributed by atoms with E-state index in [-0.39, 0.29) is 35.7 Å². The van der Waals surface area contributed by atoms with Gasteiger partial charge in [-0.15, -0.1) is 0 Å². The second-order valence-corrected chi connectivity index (χ2v) is 9.19. The Morgan fingerprint density at radius 3 is 2.58 bits per heavy atom. The van der Waals surface area contributed by atoms with Crippen LogP contribution in [0.15, 0.2) is 47.7 Å². The van der Waals surface area contributed by atoms with Gasteiger partial charge in [-0.1, -0.05) is 12.1 Å². The lowest BCUT2D eigenvalue weighted by molar-refractivity contribution is -0.110. The number of halogens is 3. The van der Waals surface area contributed by atoms with Crippen LogP contribution in [0.1, 0.15) is 26.3 Å². The number of fused-ring (bicyclic) bond motifs is 1. The molecule has 1 aromatic heterocycles. The number of carbonyl (C=O) groups is 1. The Balaban J connectivity index is 1.53. The molecule has 1 amide bonds. The Kier molecular flexibility index (Phi) is 6.17. The number of hydrazone groups is 1. The average Bonchev–Trinajstić information content (AvgIpc) is 3.46. The molecule has 3 aromatic rings. The first-order valence-corrected chi connectivity index (χ1v) is 11.7. The number of para-hydroxylation sites is 1. The average molecular weight is 498 g/mol. The van der Waals surface area contributed by atoms with Crippen LogP contribution in [0, 0.1) is 17.5 Å². The molecule has 0 unspecified atom stereocenters. The highest BCUT2D eigenvalue weighted by molar-refractivity contribution is 6.47. The summed E-state index contributed by atoms with van der Waals surface area (Å²) in [5, 5.41) is 12.9. The maximum atomic E-state index is 15.3.